The molecule has 140 valence electrons. The number of nitrogens with zero attached hydrogens (tertiary/aromatic N) is 3. The van der Waals surface area contributed by atoms with Crippen LogP contribution < -0.4 is 5.32 Å². The first kappa shape index (κ1) is 18.4. The molecule has 0 radical (unpaired) electrons. The average Bonchev–Trinajstić information content (AvgIpc) is 3.06. The van der Waals surface area contributed by atoms with Crippen LogP contribution in [0.25, 0.3) is 0 Å². The molecule has 2 heterocycles. The largest absolute Gasteiger partial charge is 0.376 e. The fourth-order valence-electron chi connectivity index (χ4n) is 2.67. The predicted molar refractivity (Wildman–Crippen MR) is 96.7 cm³/mol. The van der Waals surface area contributed by atoms with Gasteiger partial charge in [0.2, 0.25) is 5.89 Å². The highest BCUT2D eigenvalue weighted by molar-refractivity contribution is 5.75. The molecule has 1 N–H and O–H groups in total. The molecule has 1 aliphatic heterocycles. The van der Waals surface area contributed by atoms with Crippen molar-refractivity contribution in [1.29, 1.82) is 0 Å². The van der Waals surface area contributed by atoms with E-state index in [0.717, 1.165) is 12.0 Å². The van der Waals surface area contributed by atoms with Gasteiger partial charge in [-0.3, -0.25) is 0 Å². The van der Waals surface area contributed by atoms with Crippen LogP contribution in [0.2, 0.25) is 0 Å². The summed E-state index contributed by atoms with van der Waals surface area (Å²) in [5.41, 5.74) is 1.14. The lowest BCUT2D eigenvalue weighted by Gasteiger charge is -2.37. The van der Waals surface area contributed by atoms with Gasteiger partial charge in [-0.15, -0.1) is 0 Å². The maximum atomic E-state index is 12.0. The lowest BCUT2D eigenvalue weighted by atomic mass is 10.0. The third-order valence-electron chi connectivity index (χ3n) is 4.57. The topological polar surface area (TPSA) is 80.5 Å². The Kier molecular flexibility index (Phi) is 6.22. The molecule has 0 aliphatic carbocycles. The minimum atomic E-state index is -0.0235. The van der Waals surface area contributed by atoms with Crippen molar-refractivity contribution in [3.63, 3.8) is 0 Å². The summed E-state index contributed by atoms with van der Waals surface area (Å²) in [6, 6.07) is 10.2. The minimum Gasteiger partial charge on any atom is -0.376 e. The molecule has 2 amide bonds. The highest BCUT2D eigenvalue weighted by atomic mass is 16.5. The van der Waals surface area contributed by atoms with Gasteiger partial charge in [0.05, 0.1) is 19.1 Å². The first-order valence-corrected chi connectivity index (χ1v) is 9.15. The van der Waals surface area contributed by atoms with Gasteiger partial charge in [0.1, 0.15) is 0 Å². The molecular weight excluding hydrogens is 332 g/mol. The van der Waals surface area contributed by atoms with E-state index in [1.54, 1.807) is 4.90 Å². The third-order valence-corrected chi connectivity index (χ3v) is 4.57. The predicted octanol–water partition coefficient (Wildman–Crippen LogP) is 2.74. The normalized spacial score (nSPS) is 15.5. The molecule has 0 saturated carbocycles. The van der Waals surface area contributed by atoms with Crippen LogP contribution in [-0.4, -0.2) is 46.8 Å². The Morgan fingerprint density at radius 3 is 2.88 bits per heavy atom. The Bertz CT molecular complexity index is 698. The van der Waals surface area contributed by atoms with E-state index in [2.05, 4.69) is 15.5 Å². The smallest absolute Gasteiger partial charge is 0.317 e. The van der Waals surface area contributed by atoms with E-state index in [-0.39, 0.29) is 18.0 Å². The van der Waals surface area contributed by atoms with Crippen LogP contribution >= 0.6 is 0 Å². The molecule has 3 rings (SSSR count). The molecule has 1 aliphatic rings. The van der Waals surface area contributed by atoms with E-state index in [4.69, 9.17) is 9.26 Å². The molecule has 2 aromatic rings. The first-order valence-electron chi connectivity index (χ1n) is 9.15. The van der Waals surface area contributed by atoms with Gasteiger partial charge < -0.3 is 19.5 Å². The number of likely N-dealkylation sites (tertiary alicyclic amines) is 1. The molecule has 1 aromatic carbocycles. The number of ether oxygens (including phenoxy) is 1. The minimum absolute atomic E-state index is 0.0235. The Labute approximate surface area is 153 Å². The zero-order chi connectivity index (χ0) is 18.4. The second kappa shape index (κ2) is 8.80. The van der Waals surface area contributed by atoms with Crippen molar-refractivity contribution >= 4 is 6.03 Å². The molecule has 1 saturated heterocycles. The van der Waals surface area contributed by atoms with Crippen molar-refractivity contribution in [3.05, 3.63) is 47.6 Å². The summed E-state index contributed by atoms with van der Waals surface area (Å²) in [5.74, 6) is 1.38. The number of nitrogens with one attached hydrogen (secondary N) is 1. The number of rotatable bonds is 8. The molecule has 1 atom stereocenters. The lowest BCUT2D eigenvalue weighted by Crippen LogP contribution is -2.54. The Hall–Kier alpha value is -2.41. The summed E-state index contributed by atoms with van der Waals surface area (Å²) >= 11 is 0. The Balaban J connectivity index is 1.37. The van der Waals surface area contributed by atoms with Crippen molar-refractivity contribution in [2.24, 2.45) is 0 Å². The zero-order valence-electron chi connectivity index (χ0n) is 15.4. The summed E-state index contributed by atoms with van der Waals surface area (Å²) in [5, 5.41) is 6.97. The van der Waals surface area contributed by atoms with Crippen LogP contribution in [0.5, 0.6) is 0 Å². The lowest BCUT2D eigenvalue weighted by molar-refractivity contribution is 0.122. The van der Waals surface area contributed by atoms with Crippen molar-refractivity contribution < 1.29 is 14.1 Å². The second-order valence-electron chi connectivity index (χ2n) is 6.70. The van der Waals surface area contributed by atoms with Gasteiger partial charge in [0.15, 0.2) is 5.82 Å². The number of benzene rings is 1. The van der Waals surface area contributed by atoms with Crippen molar-refractivity contribution in [1.82, 2.24) is 20.4 Å². The highest BCUT2D eigenvalue weighted by Gasteiger charge is 2.35. The second-order valence-corrected chi connectivity index (χ2v) is 6.70. The number of hydrogen-bond acceptors (Lipinski definition) is 5. The van der Waals surface area contributed by atoms with Gasteiger partial charge in [-0.05, 0) is 18.9 Å². The molecular formula is C19H26N4O3. The van der Waals surface area contributed by atoms with Crippen molar-refractivity contribution in [2.75, 3.05) is 19.7 Å². The molecule has 1 aromatic heterocycles. The Morgan fingerprint density at radius 2 is 2.15 bits per heavy atom. The fourth-order valence-corrected chi connectivity index (χ4v) is 2.67. The summed E-state index contributed by atoms with van der Waals surface area (Å²) in [4.78, 5) is 18.2. The van der Waals surface area contributed by atoms with E-state index in [9.17, 15) is 4.79 Å². The SMILES string of the molecule is CCC(C)NC(=O)N1CC(c2nc(CCOCc3ccccc3)no2)C1. The quantitative estimate of drug-likeness (QED) is 0.734. The van der Waals surface area contributed by atoms with Crippen LogP contribution in [0.15, 0.2) is 34.9 Å². The monoisotopic (exact) mass is 358 g/mol. The average molecular weight is 358 g/mol. The third kappa shape index (κ3) is 4.82. The fraction of sp³-hybridized carbons (Fsp3) is 0.526. The summed E-state index contributed by atoms with van der Waals surface area (Å²) in [6.07, 6.45) is 1.53. The molecule has 1 fully saturated rings. The highest BCUT2D eigenvalue weighted by Crippen LogP contribution is 2.25. The number of amides is 2. The van der Waals surface area contributed by atoms with Gasteiger partial charge in [-0.25, -0.2) is 4.79 Å². The molecule has 7 heteroatoms. The number of hydrogen-bond donors (Lipinski definition) is 1. The van der Waals surface area contributed by atoms with E-state index >= 15 is 0 Å². The number of aromatic nitrogens is 2. The number of carbonyl (C=O) groups is 1. The summed E-state index contributed by atoms with van der Waals surface area (Å²) in [6.45, 7) is 6.41. The van der Waals surface area contributed by atoms with Crippen molar-refractivity contribution in [2.45, 2.75) is 45.3 Å². The standard InChI is InChI=1S/C19H26N4O3/c1-3-14(2)20-19(24)23-11-16(12-23)18-21-17(22-26-18)9-10-25-13-15-7-5-4-6-8-15/h4-8,14,16H,3,9-13H2,1-2H3,(H,20,24). The van der Waals surface area contributed by atoms with E-state index in [1.807, 2.05) is 44.2 Å². The molecule has 1 unspecified atom stereocenters. The summed E-state index contributed by atoms with van der Waals surface area (Å²) < 4.78 is 11.0. The zero-order valence-corrected chi connectivity index (χ0v) is 15.4. The maximum Gasteiger partial charge on any atom is 0.317 e. The van der Waals surface area contributed by atoms with Crippen LogP contribution in [0.4, 0.5) is 4.79 Å². The molecule has 0 spiro atoms. The van der Waals surface area contributed by atoms with Gasteiger partial charge in [0, 0.05) is 25.6 Å². The molecule has 0 bridgehead atoms. The van der Waals surface area contributed by atoms with E-state index in [1.165, 1.54) is 0 Å². The molecule has 7 nitrogen and oxygen atoms in total. The number of urea groups is 1. The number of carbonyl (C=O) groups excluding carboxylic acids is 1. The van der Waals surface area contributed by atoms with Crippen LogP contribution in [0.3, 0.4) is 0 Å². The first-order chi connectivity index (χ1) is 12.7. The van der Waals surface area contributed by atoms with Gasteiger partial charge in [0.25, 0.3) is 0 Å². The Morgan fingerprint density at radius 1 is 1.38 bits per heavy atom. The van der Waals surface area contributed by atoms with Crippen LogP contribution in [-0.2, 0) is 17.8 Å². The van der Waals surface area contributed by atoms with Crippen LogP contribution in [0, 0.1) is 0 Å². The van der Waals surface area contributed by atoms with Gasteiger partial charge in [-0.1, -0.05) is 42.4 Å². The maximum absolute atomic E-state index is 12.0. The van der Waals surface area contributed by atoms with Crippen LogP contribution in [0.1, 0.15) is 43.5 Å². The van der Waals surface area contributed by atoms with Gasteiger partial charge >= 0.3 is 6.03 Å². The van der Waals surface area contributed by atoms with E-state index < -0.39 is 0 Å². The van der Waals surface area contributed by atoms with Crippen molar-refractivity contribution in [3.8, 4) is 0 Å². The molecule has 26 heavy (non-hydrogen) atoms. The summed E-state index contributed by atoms with van der Waals surface area (Å²) in [7, 11) is 0. The van der Waals surface area contributed by atoms with E-state index in [0.29, 0.717) is 44.4 Å². The van der Waals surface area contributed by atoms with Gasteiger partial charge in [-0.2, -0.15) is 4.98 Å².